The first-order valence-electron chi connectivity index (χ1n) is 8.97. The second-order valence-electron chi connectivity index (χ2n) is 6.41. The average molecular weight is 342 g/mol. The minimum atomic E-state index is -0.963. The third kappa shape index (κ3) is 7.25. The molecule has 1 fully saturated rings. The van der Waals surface area contributed by atoms with Gasteiger partial charge < -0.3 is 15.7 Å². The Balaban J connectivity index is 2.04. The van der Waals surface area contributed by atoms with Crippen LogP contribution in [0, 0.1) is 11.3 Å². The van der Waals surface area contributed by atoms with Gasteiger partial charge in [0.15, 0.2) is 5.96 Å². The van der Waals surface area contributed by atoms with Crippen molar-refractivity contribution in [2.75, 3.05) is 11.9 Å². The third-order valence-electron chi connectivity index (χ3n) is 4.35. The first-order valence-corrected chi connectivity index (χ1v) is 8.97. The molecule has 0 aliphatic heterocycles. The van der Waals surface area contributed by atoms with E-state index >= 15 is 0 Å². The van der Waals surface area contributed by atoms with E-state index in [-0.39, 0.29) is 6.54 Å². The van der Waals surface area contributed by atoms with Crippen LogP contribution < -0.4 is 10.6 Å². The van der Waals surface area contributed by atoms with E-state index in [0.717, 1.165) is 18.5 Å². The Morgan fingerprint density at radius 3 is 2.28 bits per heavy atom. The van der Waals surface area contributed by atoms with Crippen molar-refractivity contribution in [3.8, 4) is 6.07 Å². The highest BCUT2D eigenvalue weighted by Crippen LogP contribution is 2.17. The largest absolute Gasteiger partial charge is 0.480 e. The second kappa shape index (κ2) is 10.3. The lowest BCUT2D eigenvalue weighted by Crippen LogP contribution is -2.39. The summed E-state index contributed by atoms with van der Waals surface area (Å²) in [5.41, 5.74) is 1.36. The highest BCUT2D eigenvalue weighted by molar-refractivity contribution is 5.94. The Bertz CT molecular complexity index is 609. The number of benzene rings is 1. The maximum Gasteiger partial charge on any atom is 0.325 e. The monoisotopic (exact) mass is 342 g/mol. The van der Waals surface area contributed by atoms with Crippen molar-refractivity contribution >= 4 is 17.6 Å². The summed E-state index contributed by atoms with van der Waals surface area (Å²) in [6.45, 7) is -0.279. The molecule has 2 rings (SSSR count). The standard InChI is InChI=1S/C19H26N4O2/c20-13-15-9-11-17(12-10-15)23-19(21-14-18(24)25)22-16-7-5-3-1-2-4-6-8-16/h9-12,16H,1-8,14H2,(H,24,25)(H2,21,22,23). The van der Waals surface area contributed by atoms with Crippen molar-refractivity contribution in [1.82, 2.24) is 5.32 Å². The van der Waals surface area contributed by atoms with Crippen LogP contribution >= 0.6 is 0 Å². The van der Waals surface area contributed by atoms with Gasteiger partial charge in [-0.15, -0.1) is 0 Å². The van der Waals surface area contributed by atoms with E-state index in [1.807, 2.05) is 0 Å². The number of carbonyl (C=O) groups is 1. The molecule has 0 atom stereocenters. The number of nitrogens with zero attached hydrogens (tertiary/aromatic N) is 2. The van der Waals surface area contributed by atoms with Crippen molar-refractivity contribution in [2.45, 2.75) is 57.4 Å². The molecule has 0 unspecified atom stereocenters. The van der Waals surface area contributed by atoms with E-state index in [1.54, 1.807) is 24.3 Å². The van der Waals surface area contributed by atoms with Gasteiger partial charge >= 0.3 is 5.97 Å². The van der Waals surface area contributed by atoms with Crippen LogP contribution in [0.25, 0.3) is 0 Å². The topological polar surface area (TPSA) is 97.5 Å². The van der Waals surface area contributed by atoms with Crippen molar-refractivity contribution in [1.29, 1.82) is 5.26 Å². The van der Waals surface area contributed by atoms with E-state index in [9.17, 15) is 4.79 Å². The summed E-state index contributed by atoms with van der Waals surface area (Å²) in [5.74, 6) is -0.480. The fraction of sp³-hybridized carbons (Fsp3) is 0.526. The number of hydrogen-bond acceptors (Lipinski definition) is 3. The molecule has 0 heterocycles. The van der Waals surface area contributed by atoms with Crippen LogP contribution in [0.4, 0.5) is 5.69 Å². The Morgan fingerprint density at radius 2 is 1.72 bits per heavy atom. The van der Waals surface area contributed by atoms with Gasteiger partial charge in [-0.1, -0.05) is 38.5 Å². The van der Waals surface area contributed by atoms with Gasteiger partial charge in [-0.2, -0.15) is 5.26 Å². The highest BCUT2D eigenvalue weighted by Gasteiger charge is 2.13. The third-order valence-corrected chi connectivity index (χ3v) is 4.35. The molecule has 1 aliphatic rings. The van der Waals surface area contributed by atoms with Crippen LogP contribution in [-0.2, 0) is 4.79 Å². The summed E-state index contributed by atoms with van der Waals surface area (Å²) >= 11 is 0. The van der Waals surface area contributed by atoms with Crippen LogP contribution in [0.1, 0.15) is 56.9 Å². The molecule has 6 heteroatoms. The molecule has 0 saturated heterocycles. The van der Waals surface area contributed by atoms with Gasteiger partial charge in [0, 0.05) is 11.7 Å². The number of anilines is 1. The molecule has 1 aliphatic carbocycles. The lowest BCUT2D eigenvalue weighted by Gasteiger charge is -2.21. The second-order valence-corrected chi connectivity index (χ2v) is 6.41. The number of carboxylic acids is 1. The van der Waals surface area contributed by atoms with Gasteiger partial charge in [0.2, 0.25) is 0 Å². The average Bonchev–Trinajstić information content (AvgIpc) is 2.74. The summed E-state index contributed by atoms with van der Waals surface area (Å²) in [6.07, 6.45) is 9.61. The molecular weight excluding hydrogens is 316 g/mol. The quantitative estimate of drug-likeness (QED) is 0.575. The number of aliphatic imine (C=N–C) groups is 1. The van der Waals surface area contributed by atoms with Crippen LogP contribution in [-0.4, -0.2) is 29.6 Å². The molecule has 134 valence electrons. The summed E-state index contributed by atoms with van der Waals surface area (Å²) in [6, 6.07) is 9.40. The zero-order chi connectivity index (χ0) is 17.9. The van der Waals surface area contributed by atoms with E-state index in [0.29, 0.717) is 17.6 Å². The summed E-state index contributed by atoms with van der Waals surface area (Å²) in [4.78, 5) is 15.0. The first kappa shape index (κ1) is 18.8. The van der Waals surface area contributed by atoms with E-state index in [4.69, 9.17) is 10.4 Å². The first-order chi connectivity index (χ1) is 12.2. The zero-order valence-corrected chi connectivity index (χ0v) is 14.5. The van der Waals surface area contributed by atoms with Crippen LogP contribution in [0.2, 0.25) is 0 Å². The van der Waals surface area contributed by atoms with E-state index in [1.165, 1.54) is 38.5 Å². The molecule has 0 aromatic heterocycles. The molecule has 25 heavy (non-hydrogen) atoms. The normalized spacial score (nSPS) is 16.8. The van der Waals surface area contributed by atoms with Gasteiger partial charge in [0.05, 0.1) is 11.6 Å². The van der Waals surface area contributed by atoms with Gasteiger partial charge in [-0.25, -0.2) is 4.99 Å². The molecule has 3 N–H and O–H groups in total. The van der Waals surface area contributed by atoms with Gasteiger partial charge in [0.25, 0.3) is 0 Å². The molecule has 1 aromatic carbocycles. The number of carboxylic acid groups (broad SMARTS) is 1. The number of nitriles is 1. The Kier molecular flexibility index (Phi) is 7.77. The molecule has 1 saturated carbocycles. The number of nitrogens with one attached hydrogen (secondary N) is 2. The Labute approximate surface area is 149 Å². The molecule has 6 nitrogen and oxygen atoms in total. The number of hydrogen-bond donors (Lipinski definition) is 3. The summed E-state index contributed by atoms with van der Waals surface area (Å²) in [7, 11) is 0. The van der Waals surface area contributed by atoms with Crippen molar-refractivity contribution in [2.24, 2.45) is 4.99 Å². The van der Waals surface area contributed by atoms with Crippen molar-refractivity contribution < 1.29 is 9.90 Å². The van der Waals surface area contributed by atoms with E-state index < -0.39 is 5.97 Å². The molecule has 1 aromatic rings. The summed E-state index contributed by atoms with van der Waals surface area (Å²) in [5, 5.41) is 24.3. The fourth-order valence-electron chi connectivity index (χ4n) is 3.00. The molecule has 0 bridgehead atoms. The van der Waals surface area contributed by atoms with Gasteiger partial charge in [0.1, 0.15) is 6.54 Å². The van der Waals surface area contributed by atoms with Crippen molar-refractivity contribution in [3.05, 3.63) is 29.8 Å². The zero-order valence-electron chi connectivity index (χ0n) is 14.5. The lowest BCUT2D eigenvalue weighted by atomic mass is 10.1. The maximum atomic E-state index is 10.9. The predicted molar refractivity (Wildman–Crippen MR) is 98.6 cm³/mol. The molecule has 0 spiro atoms. The maximum absolute atomic E-state index is 10.9. The smallest absolute Gasteiger partial charge is 0.325 e. The SMILES string of the molecule is N#Cc1ccc(NC(=NCC(=O)O)NC2CCCCCCCC2)cc1. The minimum absolute atomic E-state index is 0.279. The Hall–Kier alpha value is -2.55. The minimum Gasteiger partial charge on any atom is -0.480 e. The molecular formula is C19H26N4O2. The Morgan fingerprint density at radius 1 is 1.12 bits per heavy atom. The fourth-order valence-corrected chi connectivity index (χ4v) is 3.00. The molecule has 0 radical (unpaired) electrons. The van der Waals surface area contributed by atoms with Crippen LogP contribution in [0.5, 0.6) is 0 Å². The number of rotatable bonds is 4. The summed E-state index contributed by atoms with van der Waals surface area (Å²) < 4.78 is 0. The van der Waals surface area contributed by atoms with Crippen molar-refractivity contribution in [3.63, 3.8) is 0 Å². The highest BCUT2D eigenvalue weighted by atomic mass is 16.4. The van der Waals surface area contributed by atoms with Crippen LogP contribution in [0.15, 0.2) is 29.3 Å². The predicted octanol–water partition coefficient (Wildman–Crippen LogP) is 3.50. The van der Waals surface area contributed by atoms with E-state index in [2.05, 4.69) is 21.7 Å². The van der Waals surface area contributed by atoms with Crippen LogP contribution in [0.3, 0.4) is 0 Å². The number of aliphatic carboxylic acids is 1. The lowest BCUT2D eigenvalue weighted by molar-refractivity contribution is -0.135. The van der Waals surface area contributed by atoms with Gasteiger partial charge in [-0.3, -0.25) is 4.79 Å². The molecule has 0 amide bonds. The number of guanidine groups is 1. The van der Waals surface area contributed by atoms with Gasteiger partial charge in [-0.05, 0) is 37.1 Å².